The highest BCUT2D eigenvalue weighted by Gasteiger charge is 2.53. The highest BCUT2D eigenvalue weighted by molar-refractivity contribution is 7.47. The van der Waals surface area contributed by atoms with Crippen LogP contribution in [0.15, 0.2) is 22.2 Å². The minimum Gasteiger partial charge on any atom is -0.391 e. The number of fused-ring (bicyclic) bond motifs is 1. The van der Waals surface area contributed by atoms with Gasteiger partial charge in [-0.2, -0.15) is 9.97 Å². The summed E-state index contributed by atoms with van der Waals surface area (Å²) in [6, 6.07) is 0. The van der Waals surface area contributed by atoms with Gasteiger partial charge in [0.25, 0.3) is 5.56 Å². The molecule has 37 heavy (non-hydrogen) atoms. The lowest BCUT2D eigenvalue weighted by atomic mass is 10.1. The number of aliphatic hydroxyl groups is 2. The Bertz CT molecular complexity index is 1480. The van der Waals surface area contributed by atoms with Crippen LogP contribution in [-0.4, -0.2) is 80.4 Å². The van der Waals surface area contributed by atoms with Gasteiger partial charge >= 0.3 is 13.5 Å². The van der Waals surface area contributed by atoms with E-state index in [1.54, 1.807) is 0 Å². The van der Waals surface area contributed by atoms with Crippen molar-refractivity contribution in [2.45, 2.75) is 43.3 Å². The van der Waals surface area contributed by atoms with Crippen molar-refractivity contribution < 1.29 is 38.2 Å². The molecule has 0 aliphatic carbocycles. The Kier molecular flexibility index (Phi) is 6.32. The fraction of sp³-hybridized carbons (Fsp3) is 0.529. The number of aromatic nitrogens is 7. The number of anilines is 2. The van der Waals surface area contributed by atoms with Crippen LogP contribution in [0.1, 0.15) is 25.3 Å². The highest BCUT2D eigenvalue weighted by Crippen LogP contribution is 2.54. The molecule has 2 saturated heterocycles. The molecule has 0 amide bonds. The summed E-state index contributed by atoms with van der Waals surface area (Å²) in [5.74, 6) is -2.32. The van der Waals surface area contributed by atoms with Gasteiger partial charge in [0.15, 0.2) is 11.2 Å². The molecule has 5 heterocycles. The van der Waals surface area contributed by atoms with Gasteiger partial charge in [0, 0.05) is 6.42 Å². The van der Waals surface area contributed by atoms with Gasteiger partial charge in [-0.05, 0) is 0 Å². The number of rotatable bonds is 8. The second kappa shape index (κ2) is 9.23. The fourth-order valence-corrected chi connectivity index (χ4v) is 4.98. The van der Waals surface area contributed by atoms with E-state index >= 15 is 0 Å². The average molecular weight is 543 g/mol. The van der Waals surface area contributed by atoms with Gasteiger partial charge in [0.1, 0.15) is 24.9 Å². The van der Waals surface area contributed by atoms with E-state index in [1.165, 1.54) is 10.9 Å². The maximum Gasteiger partial charge on any atom is 0.474 e. The van der Waals surface area contributed by atoms with Gasteiger partial charge in [0.2, 0.25) is 17.7 Å². The van der Waals surface area contributed by atoms with Crippen LogP contribution in [0.5, 0.6) is 0 Å². The summed E-state index contributed by atoms with van der Waals surface area (Å²) in [7, 11) is -4.85. The van der Waals surface area contributed by atoms with Crippen LogP contribution in [0.2, 0.25) is 0 Å². The summed E-state index contributed by atoms with van der Waals surface area (Å²) in [5.41, 5.74) is 9.74. The van der Waals surface area contributed by atoms with E-state index < -0.39 is 62.7 Å². The van der Waals surface area contributed by atoms with E-state index in [0.717, 1.165) is 10.9 Å². The highest BCUT2D eigenvalue weighted by atomic mass is 31.2. The molecule has 6 atom stereocenters. The Morgan fingerprint density at radius 1 is 1.22 bits per heavy atom. The fourth-order valence-electron chi connectivity index (χ4n) is 4.00. The molecule has 0 radical (unpaired) electrons. The molecule has 2 aliphatic heterocycles. The number of nitrogens with one attached hydrogen (secondary N) is 1. The van der Waals surface area contributed by atoms with Crippen LogP contribution in [0.3, 0.4) is 0 Å². The van der Waals surface area contributed by atoms with Crippen molar-refractivity contribution in [3.8, 4) is 0 Å². The summed E-state index contributed by atoms with van der Waals surface area (Å²) in [5, 5.41) is 20.1. The van der Waals surface area contributed by atoms with Crippen LogP contribution < -0.4 is 22.7 Å². The smallest absolute Gasteiger partial charge is 0.391 e. The lowest BCUT2D eigenvalue weighted by Crippen LogP contribution is -2.54. The van der Waals surface area contributed by atoms with E-state index in [9.17, 15) is 29.3 Å². The normalized spacial score (nSPS) is 29.3. The molecule has 0 bridgehead atoms. The Labute approximate surface area is 205 Å². The number of H-pyrrole nitrogens is 1. The van der Waals surface area contributed by atoms with Gasteiger partial charge in [0.05, 0.1) is 32.1 Å². The molecule has 0 saturated carbocycles. The Balaban J connectivity index is 1.21. The third-order valence-corrected chi connectivity index (χ3v) is 6.82. The molecule has 20 heteroatoms. The van der Waals surface area contributed by atoms with E-state index in [1.807, 2.05) is 0 Å². The van der Waals surface area contributed by atoms with Crippen molar-refractivity contribution in [2.24, 2.45) is 0 Å². The first kappa shape index (κ1) is 25.4. The number of phosphoric ester groups is 1. The van der Waals surface area contributed by atoms with Crippen molar-refractivity contribution in [1.82, 2.24) is 34.1 Å². The largest absolute Gasteiger partial charge is 0.474 e. The number of hydrogen-bond donors (Lipinski definition) is 6. The monoisotopic (exact) mass is 543 g/mol. The van der Waals surface area contributed by atoms with Crippen LogP contribution in [0.4, 0.5) is 11.9 Å². The molecule has 3 aromatic heterocycles. The topological polar surface area (TPSA) is 278 Å². The zero-order valence-corrected chi connectivity index (χ0v) is 19.7. The average Bonchev–Trinajstić information content (AvgIpc) is 3.38. The molecule has 3 aromatic rings. The molecule has 2 aliphatic rings. The van der Waals surface area contributed by atoms with E-state index in [2.05, 4.69) is 24.9 Å². The number of nitrogens with zero attached hydrogens (tertiary/aromatic N) is 6. The second-order valence-electron chi connectivity index (χ2n) is 8.31. The van der Waals surface area contributed by atoms with Crippen LogP contribution in [-0.2, 0) is 23.1 Å². The SMILES string of the molecule is Nc1ncn([C@@H]2C[C@](CO)(OP(=O)(O)OCC3O[C@@H](n4cnc5c(=O)[nH]c(N)nc54)C[C@H]3O)O2)c(=O)n1. The van der Waals surface area contributed by atoms with E-state index in [4.69, 9.17) is 30.0 Å². The minimum atomic E-state index is -4.85. The predicted octanol–water partition coefficient (Wildman–Crippen LogP) is -2.67. The summed E-state index contributed by atoms with van der Waals surface area (Å²) < 4.78 is 36.0. The molecule has 2 unspecified atom stereocenters. The zero-order valence-electron chi connectivity index (χ0n) is 18.8. The number of aromatic amines is 1. The second-order valence-corrected chi connectivity index (χ2v) is 9.69. The van der Waals surface area contributed by atoms with Crippen molar-refractivity contribution in [2.75, 3.05) is 24.7 Å². The van der Waals surface area contributed by atoms with Crippen molar-refractivity contribution in [3.63, 3.8) is 0 Å². The minimum absolute atomic E-state index is 0.0150. The van der Waals surface area contributed by atoms with Crippen molar-refractivity contribution in [1.29, 1.82) is 0 Å². The molecule has 8 N–H and O–H groups in total. The molecular weight excluding hydrogens is 521 g/mol. The van der Waals surface area contributed by atoms with Crippen molar-refractivity contribution >= 4 is 30.9 Å². The summed E-state index contributed by atoms with van der Waals surface area (Å²) >= 11 is 0. The lowest BCUT2D eigenvalue weighted by Gasteiger charge is -2.45. The van der Waals surface area contributed by atoms with Gasteiger partial charge in [-0.15, -0.1) is 0 Å². The molecule has 5 rings (SSSR count). The lowest BCUT2D eigenvalue weighted by molar-refractivity contribution is -0.347. The number of phosphoric acid groups is 1. The predicted molar refractivity (Wildman–Crippen MR) is 119 cm³/mol. The third kappa shape index (κ3) is 4.86. The molecular formula is C17H22N9O10P. The Morgan fingerprint density at radius 2 is 1.95 bits per heavy atom. The maximum absolute atomic E-state index is 12.6. The van der Waals surface area contributed by atoms with E-state index in [0.29, 0.717) is 0 Å². The first-order valence-corrected chi connectivity index (χ1v) is 12.2. The number of nitrogen functional groups attached to an aromatic ring is 2. The zero-order chi connectivity index (χ0) is 26.5. The summed E-state index contributed by atoms with van der Waals surface area (Å²) in [6.07, 6.45) is -1.84. The molecule has 0 aromatic carbocycles. The van der Waals surface area contributed by atoms with Gasteiger partial charge < -0.3 is 36.0 Å². The third-order valence-electron chi connectivity index (χ3n) is 5.78. The quantitative estimate of drug-likeness (QED) is 0.158. The number of ether oxygens (including phenoxy) is 2. The van der Waals surface area contributed by atoms with Crippen LogP contribution in [0, 0.1) is 0 Å². The number of imidazole rings is 1. The van der Waals surface area contributed by atoms with Crippen LogP contribution >= 0.6 is 7.82 Å². The number of aliphatic hydroxyl groups excluding tert-OH is 2. The standard InChI is InChI=1S/C17H22N9O10P/c18-14-21-6-26(16(30)24-14)10-2-17(4-27,35-10)36-37(31,32)33-3-8-7(28)1-9(34-8)25-5-20-11-12(25)22-15(19)23-13(11)29/h5-10,27-28H,1-4H2,(H,31,32)(H2,18,24,30)(H3,19,22,23,29)/t7-,8?,9-,10+,17-/m1/s1. The molecule has 19 nitrogen and oxygen atoms in total. The molecule has 2 fully saturated rings. The first-order valence-electron chi connectivity index (χ1n) is 10.7. The Hall–Kier alpha value is -3.29. The summed E-state index contributed by atoms with van der Waals surface area (Å²) in [6.45, 7) is -1.42. The number of nitrogens with two attached hydrogens (primary N) is 2. The Morgan fingerprint density at radius 3 is 2.65 bits per heavy atom. The van der Waals surface area contributed by atoms with Gasteiger partial charge in [-0.25, -0.2) is 19.3 Å². The van der Waals surface area contributed by atoms with E-state index in [-0.39, 0.29) is 35.9 Å². The van der Waals surface area contributed by atoms with Crippen LogP contribution in [0.25, 0.3) is 11.2 Å². The van der Waals surface area contributed by atoms with Gasteiger partial charge in [-0.3, -0.25) is 28.0 Å². The number of hydrogen-bond acceptors (Lipinski definition) is 15. The van der Waals surface area contributed by atoms with Gasteiger partial charge in [-0.1, -0.05) is 0 Å². The van der Waals surface area contributed by atoms with Crippen molar-refractivity contribution in [3.05, 3.63) is 33.5 Å². The molecule has 0 spiro atoms. The molecule has 200 valence electrons. The first-order chi connectivity index (χ1) is 17.5. The maximum atomic E-state index is 12.6. The summed E-state index contributed by atoms with van der Waals surface area (Å²) in [4.78, 5) is 51.5.